The minimum absolute atomic E-state index is 0.0196. The van der Waals surface area contributed by atoms with Crippen LogP contribution in [-0.2, 0) is 13.5 Å². The highest BCUT2D eigenvalue weighted by atomic mass is 16.1. The molecule has 1 aliphatic carbocycles. The molecule has 26 heavy (non-hydrogen) atoms. The molecule has 4 rings (SSSR count). The maximum atomic E-state index is 12.8. The molecule has 0 atom stereocenters. The van der Waals surface area contributed by atoms with Gasteiger partial charge in [0.2, 0.25) is 0 Å². The van der Waals surface area contributed by atoms with E-state index in [-0.39, 0.29) is 5.91 Å². The Bertz CT molecular complexity index is 743. The molecule has 1 amide bonds. The average Bonchev–Trinajstić information content (AvgIpc) is 3.00. The minimum Gasteiger partial charge on any atom is -0.349 e. The van der Waals surface area contributed by atoms with Crippen molar-refractivity contribution in [3.63, 3.8) is 0 Å². The van der Waals surface area contributed by atoms with Crippen LogP contribution < -0.4 is 5.32 Å². The van der Waals surface area contributed by atoms with E-state index in [1.807, 2.05) is 29.9 Å². The van der Waals surface area contributed by atoms with Crippen LogP contribution in [-0.4, -0.2) is 45.8 Å². The normalized spacial score (nSPS) is 23.4. The molecule has 2 heterocycles. The number of hydrogen-bond acceptors (Lipinski definition) is 3. The molecule has 1 aliphatic heterocycles. The Morgan fingerprint density at radius 1 is 1.15 bits per heavy atom. The third-order valence-corrected chi connectivity index (χ3v) is 5.88. The maximum Gasteiger partial charge on any atom is 0.254 e. The van der Waals surface area contributed by atoms with E-state index in [4.69, 9.17) is 0 Å². The van der Waals surface area contributed by atoms with Crippen LogP contribution in [0.25, 0.3) is 0 Å². The number of nitrogens with one attached hydrogen (secondary N) is 1. The summed E-state index contributed by atoms with van der Waals surface area (Å²) in [6.45, 7) is 2.46. The largest absolute Gasteiger partial charge is 0.349 e. The summed E-state index contributed by atoms with van der Waals surface area (Å²) < 4.78 is 1.82. The van der Waals surface area contributed by atoms with Crippen molar-refractivity contribution >= 4 is 5.91 Å². The number of amides is 1. The van der Waals surface area contributed by atoms with Gasteiger partial charge in [-0.2, -0.15) is 5.10 Å². The van der Waals surface area contributed by atoms with Gasteiger partial charge >= 0.3 is 0 Å². The molecule has 1 aromatic heterocycles. The Morgan fingerprint density at radius 2 is 1.88 bits per heavy atom. The Hall–Kier alpha value is -2.14. The van der Waals surface area contributed by atoms with E-state index in [2.05, 4.69) is 27.4 Å². The molecule has 0 bridgehead atoms. The first-order valence-electron chi connectivity index (χ1n) is 9.80. The third-order valence-electron chi connectivity index (χ3n) is 5.88. The number of rotatable bonds is 5. The van der Waals surface area contributed by atoms with Gasteiger partial charge in [-0.15, -0.1) is 0 Å². The molecule has 5 heteroatoms. The molecule has 0 spiro atoms. The summed E-state index contributed by atoms with van der Waals surface area (Å²) in [6, 6.07) is 11.2. The van der Waals surface area contributed by atoms with Crippen molar-refractivity contribution in [2.45, 2.75) is 50.6 Å². The fraction of sp³-hybridized carbons (Fsp3) is 0.524. The molecule has 1 saturated heterocycles. The number of benzene rings is 1. The number of hydrogen-bond donors (Lipinski definition) is 1. The third kappa shape index (κ3) is 3.68. The SMILES string of the molecule is Cn1ncc(C(=O)NC2CC(N3CCCCC3)C2)c1Cc1ccccc1. The molecular formula is C21H28N4O. The zero-order valence-electron chi connectivity index (χ0n) is 15.5. The lowest BCUT2D eigenvalue weighted by Gasteiger charge is -2.44. The fourth-order valence-electron chi connectivity index (χ4n) is 4.20. The number of aryl methyl sites for hydroxylation is 1. The van der Waals surface area contributed by atoms with E-state index in [0.29, 0.717) is 17.6 Å². The number of likely N-dealkylation sites (tertiary alicyclic amines) is 1. The van der Waals surface area contributed by atoms with Crippen LogP contribution in [0.1, 0.15) is 53.7 Å². The maximum absolute atomic E-state index is 12.8. The quantitative estimate of drug-likeness (QED) is 0.900. The summed E-state index contributed by atoms with van der Waals surface area (Å²) in [7, 11) is 1.91. The van der Waals surface area contributed by atoms with Gasteiger partial charge < -0.3 is 10.2 Å². The summed E-state index contributed by atoms with van der Waals surface area (Å²) >= 11 is 0. The molecule has 138 valence electrons. The topological polar surface area (TPSA) is 50.2 Å². The van der Waals surface area contributed by atoms with Gasteiger partial charge in [0.25, 0.3) is 5.91 Å². The van der Waals surface area contributed by atoms with Crippen LogP contribution in [0.5, 0.6) is 0 Å². The lowest BCUT2D eigenvalue weighted by molar-refractivity contribution is 0.0677. The Labute approximate surface area is 155 Å². The van der Waals surface area contributed by atoms with E-state index < -0.39 is 0 Å². The number of nitrogens with zero attached hydrogens (tertiary/aromatic N) is 3. The molecule has 0 radical (unpaired) electrons. The van der Waals surface area contributed by atoms with Gasteiger partial charge in [0.05, 0.1) is 17.5 Å². The van der Waals surface area contributed by atoms with Crippen molar-refractivity contribution in [2.75, 3.05) is 13.1 Å². The second-order valence-corrected chi connectivity index (χ2v) is 7.68. The number of carbonyl (C=O) groups is 1. The van der Waals surface area contributed by atoms with Crippen LogP contribution in [0, 0.1) is 0 Å². The van der Waals surface area contributed by atoms with E-state index >= 15 is 0 Å². The zero-order chi connectivity index (χ0) is 17.9. The van der Waals surface area contributed by atoms with Gasteiger partial charge in [-0.1, -0.05) is 36.8 Å². The van der Waals surface area contributed by atoms with Gasteiger partial charge in [0.1, 0.15) is 0 Å². The lowest BCUT2D eigenvalue weighted by Crippen LogP contribution is -2.54. The van der Waals surface area contributed by atoms with E-state index in [9.17, 15) is 4.79 Å². The first-order valence-corrected chi connectivity index (χ1v) is 9.80. The van der Waals surface area contributed by atoms with Gasteiger partial charge in [-0.05, 0) is 44.3 Å². The standard InChI is InChI=1S/C21H28N4O/c1-24-20(12-16-8-4-2-5-9-16)19(15-22-24)21(26)23-17-13-18(14-17)25-10-6-3-7-11-25/h2,4-5,8-9,15,17-18H,3,6-7,10-14H2,1H3,(H,23,26). The second-order valence-electron chi connectivity index (χ2n) is 7.68. The summed E-state index contributed by atoms with van der Waals surface area (Å²) in [5.41, 5.74) is 2.87. The predicted molar refractivity (Wildman–Crippen MR) is 102 cm³/mol. The van der Waals surface area contributed by atoms with Crippen LogP contribution in [0.15, 0.2) is 36.5 Å². The van der Waals surface area contributed by atoms with Gasteiger partial charge in [0.15, 0.2) is 0 Å². The highest BCUT2D eigenvalue weighted by Gasteiger charge is 2.35. The first-order chi connectivity index (χ1) is 12.7. The molecule has 1 N–H and O–H groups in total. The smallest absolute Gasteiger partial charge is 0.254 e. The van der Waals surface area contributed by atoms with Crippen LogP contribution in [0.2, 0.25) is 0 Å². The molecule has 2 aliphatic rings. The van der Waals surface area contributed by atoms with Crippen LogP contribution in [0.3, 0.4) is 0 Å². The Balaban J connectivity index is 1.35. The summed E-state index contributed by atoms with van der Waals surface area (Å²) in [6.07, 6.45) is 8.61. The van der Waals surface area contributed by atoms with E-state index in [1.165, 1.54) is 37.9 Å². The number of carbonyl (C=O) groups excluding carboxylic acids is 1. The van der Waals surface area contributed by atoms with Gasteiger partial charge in [-0.25, -0.2) is 0 Å². The van der Waals surface area contributed by atoms with Crippen LogP contribution >= 0.6 is 0 Å². The van der Waals surface area contributed by atoms with Crippen molar-refractivity contribution in [2.24, 2.45) is 7.05 Å². The molecule has 1 aromatic carbocycles. The molecule has 2 fully saturated rings. The minimum atomic E-state index is 0.0196. The van der Waals surface area contributed by atoms with Crippen molar-refractivity contribution in [3.05, 3.63) is 53.3 Å². The summed E-state index contributed by atoms with van der Waals surface area (Å²) in [5.74, 6) is 0.0196. The van der Waals surface area contributed by atoms with Gasteiger partial charge in [0, 0.05) is 25.6 Å². The predicted octanol–water partition coefficient (Wildman–Crippen LogP) is 2.76. The van der Waals surface area contributed by atoms with Crippen molar-refractivity contribution < 1.29 is 4.79 Å². The van der Waals surface area contributed by atoms with Crippen molar-refractivity contribution in [3.8, 4) is 0 Å². The summed E-state index contributed by atoms with van der Waals surface area (Å²) in [4.78, 5) is 15.4. The molecule has 2 aromatic rings. The van der Waals surface area contributed by atoms with Gasteiger partial charge in [-0.3, -0.25) is 9.48 Å². The Morgan fingerprint density at radius 3 is 2.62 bits per heavy atom. The van der Waals surface area contributed by atoms with Crippen molar-refractivity contribution in [1.82, 2.24) is 20.0 Å². The Kier molecular flexibility index (Phi) is 5.07. The second kappa shape index (κ2) is 7.62. The van der Waals surface area contributed by atoms with Crippen molar-refractivity contribution in [1.29, 1.82) is 0 Å². The molecule has 5 nitrogen and oxygen atoms in total. The highest BCUT2D eigenvalue weighted by molar-refractivity contribution is 5.95. The number of aromatic nitrogens is 2. The molecular weight excluding hydrogens is 324 g/mol. The first kappa shape index (κ1) is 17.3. The zero-order valence-corrected chi connectivity index (χ0v) is 15.5. The number of piperidine rings is 1. The monoisotopic (exact) mass is 352 g/mol. The average molecular weight is 352 g/mol. The van der Waals surface area contributed by atoms with E-state index in [1.54, 1.807) is 6.20 Å². The molecule has 1 saturated carbocycles. The lowest BCUT2D eigenvalue weighted by atomic mass is 9.84. The highest BCUT2D eigenvalue weighted by Crippen LogP contribution is 2.28. The fourth-order valence-corrected chi connectivity index (χ4v) is 4.20. The summed E-state index contributed by atoms with van der Waals surface area (Å²) in [5, 5.41) is 7.54. The molecule has 0 unspecified atom stereocenters. The van der Waals surface area contributed by atoms with Crippen LogP contribution in [0.4, 0.5) is 0 Å². The van der Waals surface area contributed by atoms with E-state index in [0.717, 1.165) is 25.0 Å².